The number of aryl methyl sites for hydroxylation is 1. The van der Waals surface area contributed by atoms with E-state index >= 15 is 0 Å². The monoisotopic (exact) mass is 387 g/mol. The lowest BCUT2D eigenvalue weighted by Crippen LogP contribution is -2.41. The largest absolute Gasteiger partial charge is 0.497 e. The molecule has 1 fully saturated rings. The van der Waals surface area contributed by atoms with Crippen LogP contribution in [0.25, 0.3) is 0 Å². The van der Waals surface area contributed by atoms with Gasteiger partial charge in [0.05, 0.1) is 13.7 Å². The molecule has 0 unspecified atom stereocenters. The van der Waals surface area contributed by atoms with Crippen molar-refractivity contribution >= 4 is 5.91 Å². The van der Waals surface area contributed by atoms with E-state index in [0.29, 0.717) is 12.6 Å². The molecule has 2 aliphatic rings. The fourth-order valence-corrected chi connectivity index (χ4v) is 4.60. The van der Waals surface area contributed by atoms with Gasteiger partial charge in [0, 0.05) is 19.1 Å². The van der Waals surface area contributed by atoms with Crippen molar-refractivity contribution in [3.05, 3.63) is 29.3 Å². The predicted molar refractivity (Wildman–Crippen MR) is 114 cm³/mol. The van der Waals surface area contributed by atoms with Crippen LogP contribution in [0.2, 0.25) is 0 Å². The van der Waals surface area contributed by atoms with Gasteiger partial charge in [-0.1, -0.05) is 13.0 Å². The second-order valence-electron chi connectivity index (χ2n) is 8.19. The molecule has 1 aliphatic heterocycles. The van der Waals surface area contributed by atoms with Gasteiger partial charge in [-0.05, 0) is 87.8 Å². The number of hydrogen-bond donors (Lipinski definition) is 1. The van der Waals surface area contributed by atoms with E-state index in [4.69, 9.17) is 4.74 Å². The molecule has 28 heavy (non-hydrogen) atoms. The van der Waals surface area contributed by atoms with Crippen molar-refractivity contribution in [2.45, 2.75) is 57.9 Å². The number of nitrogens with zero attached hydrogens (tertiary/aromatic N) is 2. The summed E-state index contributed by atoms with van der Waals surface area (Å²) in [6, 6.07) is 7.18. The van der Waals surface area contributed by atoms with Gasteiger partial charge in [0.1, 0.15) is 5.75 Å². The van der Waals surface area contributed by atoms with Gasteiger partial charge in [-0.25, -0.2) is 0 Å². The maximum Gasteiger partial charge on any atom is 0.236 e. The van der Waals surface area contributed by atoms with Crippen molar-refractivity contribution < 1.29 is 9.53 Å². The molecule has 1 N–H and O–H groups in total. The van der Waals surface area contributed by atoms with Crippen molar-refractivity contribution in [1.29, 1.82) is 0 Å². The zero-order chi connectivity index (χ0) is 19.8. The SMILES string of the molecule is CCCN(CCCCN1CCCNCC1=O)[C@H]1CCc2ccc(OC)cc2C1. The molecule has 3 rings (SSSR count). The van der Waals surface area contributed by atoms with Gasteiger partial charge >= 0.3 is 0 Å². The fourth-order valence-electron chi connectivity index (χ4n) is 4.60. The zero-order valence-corrected chi connectivity index (χ0v) is 17.7. The number of carbonyl (C=O) groups is 1. The lowest BCUT2D eigenvalue weighted by Gasteiger charge is -2.35. The zero-order valence-electron chi connectivity index (χ0n) is 17.7. The normalized spacial score (nSPS) is 20.2. The minimum Gasteiger partial charge on any atom is -0.497 e. The molecule has 156 valence electrons. The van der Waals surface area contributed by atoms with E-state index < -0.39 is 0 Å². The standard InChI is InChI=1S/C23H37N3O2/c1-3-12-25(13-4-5-14-26-15-6-11-24-18-23(26)27)21-9-7-19-8-10-22(28-2)17-20(19)16-21/h8,10,17,21,24H,3-7,9,11-16,18H2,1-2H3/t21-/m0/s1. The summed E-state index contributed by atoms with van der Waals surface area (Å²) in [7, 11) is 1.75. The molecule has 1 aliphatic carbocycles. The number of ether oxygens (including phenoxy) is 1. The van der Waals surface area contributed by atoms with Crippen molar-refractivity contribution in [1.82, 2.24) is 15.1 Å². The number of fused-ring (bicyclic) bond motifs is 1. The highest BCUT2D eigenvalue weighted by Crippen LogP contribution is 2.28. The lowest BCUT2D eigenvalue weighted by molar-refractivity contribution is -0.129. The third kappa shape index (κ3) is 5.71. The maximum absolute atomic E-state index is 12.1. The minimum atomic E-state index is 0.265. The van der Waals surface area contributed by atoms with Crippen LogP contribution >= 0.6 is 0 Å². The second kappa shape index (κ2) is 10.8. The second-order valence-corrected chi connectivity index (χ2v) is 8.19. The van der Waals surface area contributed by atoms with Crippen LogP contribution in [-0.2, 0) is 17.6 Å². The van der Waals surface area contributed by atoms with Crippen LogP contribution in [0.3, 0.4) is 0 Å². The Balaban J connectivity index is 1.50. The van der Waals surface area contributed by atoms with Crippen LogP contribution in [0.4, 0.5) is 0 Å². The van der Waals surface area contributed by atoms with Crippen LogP contribution < -0.4 is 10.1 Å². The van der Waals surface area contributed by atoms with Gasteiger partial charge in [-0.2, -0.15) is 0 Å². The summed E-state index contributed by atoms with van der Waals surface area (Å²) in [5.41, 5.74) is 2.95. The Hall–Kier alpha value is -1.59. The molecule has 0 radical (unpaired) electrons. The van der Waals surface area contributed by atoms with Crippen LogP contribution in [0.15, 0.2) is 18.2 Å². The van der Waals surface area contributed by atoms with Gasteiger partial charge in [0.25, 0.3) is 0 Å². The van der Waals surface area contributed by atoms with E-state index in [9.17, 15) is 4.79 Å². The fraction of sp³-hybridized carbons (Fsp3) is 0.696. The van der Waals surface area contributed by atoms with Gasteiger partial charge in [0.2, 0.25) is 5.91 Å². The first-order chi connectivity index (χ1) is 13.7. The predicted octanol–water partition coefficient (Wildman–Crippen LogP) is 2.87. The molecule has 0 aromatic heterocycles. The Labute approximate surface area is 170 Å². The quantitative estimate of drug-likeness (QED) is 0.662. The molecule has 1 heterocycles. The highest BCUT2D eigenvalue weighted by atomic mass is 16.5. The Kier molecular flexibility index (Phi) is 8.16. The number of nitrogens with one attached hydrogen (secondary N) is 1. The van der Waals surface area contributed by atoms with E-state index in [2.05, 4.69) is 35.3 Å². The molecule has 1 aromatic carbocycles. The van der Waals surface area contributed by atoms with Crippen LogP contribution in [0.5, 0.6) is 5.75 Å². The Bertz CT molecular complexity index is 634. The third-order valence-corrected chi connectivity index (χ3v) is 6.18. The summed E-state index contributed by atoms with van der Waals surface area (Å²) in [6.07, 6.45) is 8.07. The highest BCUT2D eigenvalue weighted by Gasteiger charge is 2.24. The van der Waals surface area contributed by atoms with E-state index in [1.165, 1.54) is 36.8 Å². The first kappa shape index (κ1) is 21.1. The smallest absolute Gasteiger partial charge is 0.236 e. The van der Waals surface area contributed by atoms with Gasteiger partial charge in [-0.3, -0.25) is 4.79 Å². The number of rotatable bonds is 9. The van der Waals surface area contributed by atoms with Crippen molar-refractivity contribution in [2.75, 3.05) is 46.4 Å². The van der Waals surface area contributed by atoms with E-state index in [-0.39, 0.29) is 5.91 Å². The average Bonchev–Trinajstić information content (AvgIpc) is 2.93. The first-order valence-electron chi connectivity index (χ1n) is 11.1. The molecule has 1 aromatic rings. The van der Waals surface area contributed by atoms with Crippen LogP contribution in [0, 0.1) is 0 Å². The highest BCUT2D eigenvalue weighted by molar-refractivity contribution is 5.78. The van der Waals surface area contributed by atoms with Crippen molar-refractivity contribution in [2.24, 2.45) is 0 Å². The lowest BCUT2D eigenvalue weighted by atomic mass is 9.87. The van der Waals surface area contributed by atoms with E-state index in [0.717, 1.165) is 57.7 Å². The molecule has 1 saturated heterocycles. The first-order valence-corrected chi connectivity index (χ1v) is 11.1. The van der Waals surface area contributed by atoms with Gasteiger partial charge < -0.3 is 19.9 Å². The maximum atomic E-state index is 12.1. The van der Waals surface area contributed by atoms with Gasteiger partial charge in [-0.15, -0.1) is 0 Å². The molecule has 5 heteroatoms. The molecular formula is C23H37N3O2. The van der Waals surface area contributed by atoms with Crippen molar-refractivity contribution in [3.63, 3.8) is 0 Å². The number of methoxy groups -OCH3 is 1. The third-order valence-electron chi connectivity index (χ3n) is 6.18. The number of amides is 1. The Morgan fingerprint density at radius 3 is 2.96 bits per heavy atom. The number of carbonyl (C=O) groups excluding carboxylic acids is 1. The molecular weight excluding hydrogens is 350 g/mol. The summed E-state index contributed by atoms with van der Waals surface area (Å²) in [5.74, 6) is 1.23. The van der Waals surface area contributed by atoms with Crippen LogP contribution in [0.1, 0.15) is 50.2 Å². The van der Waals surface area contributed by atoms with Gasteiger partial charge in [0.15, 0.2) is 0 Å². The number of benzene rings is 1. The van der Waals surface area contributed by atoms with E-state index in [1.54, 1.807) is 7.11 Å². The topological polar surface area (TPSA) is 44.8 Å². The summed E-state index contributed by atoms with van der Waals surface area (Å²) >= 11 is 0. The number of unbranched alkanes of at least 4 members (excludes halogenated alkanes) is 1. The molecule has 1 amide bonds. The van der Waals surface area contributed by atoms with E-state index in [1.807, 2.05) is 4.90 Å². The number of hydrogen-bond acceptors (Lipinski definition) is 4. The molecule has 0 saturated carbocycles. The Morgan fingerprint density at radius 1 is 1.25 bits per heavy atom. The summed E-state index contributed by atoms with van der Waals surface area (Å²) < 4.78 is 5.43. The molecule has 0 spiro atoms. The van der Waals surface area contributed by atoms with Crippen molar-refractivity contribution in [3.8, 4) is 5.75 Å². The summed E-state index contributed by atoms with van der Waals surface area (Å²) in [4.78, 5) is 16.8. The summed E-state index contributed by atoms with van der Waals surface area (Å²) in [6.45, 7) is 7.86. The average molecular weight is 388 g/mol. The van der Waals surface area contributed by atoms with Crippen LogP contribution in [-0.4, -0.2) is 68.1 Å². The molecule has 1 atom stereocenters. The summed E-state index contributed by atoms with van der Waals surface area (Å²) in [5, 5.41) is 3.20. The minimum absolute atomic E-state index is 0.265. The molecule has 5 nitrogen and oxygen atoms in total. The Morgan fingerprint density at radius 2 is 2.14 bits per heavy atom. The molecule has 0 bridgehead atoms.